The molecule has 3 rings (SSSR count). The molecule has 0 radical (unpaired) electrons. The summed E-state index contributed by atoms with van der Waals surface area (Å²) >= 11 is 3.33. The van der Waals surface area contributed by atoms with Crippen LogP contribution < -0.4 is 20.9 Å². The molecule has 1 aliphatic heterocycles. The van der Waals surface area contributed by atoms with Gasteiger partial charge in [0.25, 0.3) is 0 Å². The molecule has 5 N–H and O–H groups in total. The van der Waals surface area contributed by atoms with E-state index in [0.29, 0.717) is 59.2 Å². The van der Waals surface area contributed by atoms with Crippen LogP contribution in [-0.2, 0) is 0 Å². The molecule has 0 saturated carbocycles. The molecule has 6 nitrogen and oxygen atoms in total. The third-order valence-electron chi connectivity index (χ3n) is 5.81. The molecule has 0 aromatic heterocycles. The number of unbranched alkanes of at least 4 members (excludes halogenated alkanes) is 1. The molecular weight excluding hydrogens is 488 g/mol. The molecule has 2 aromatic rings. The van der Waals surface area contributed by atoms with Crippen LogP contribution in [-0.4, -0.2) is 30.6 Å². The second kappa shape index (κ2) is 13.3. The van der Waals surface area contributed by atoms with Crippen molar-refractivity contribution in [2.24, 2.45) is 22.6 Å². The van der Waals surface area contributed by atoms with Crippen molar-refractivity contribution in [3.8, 4) is 11.5 Å². The maximum atomic E-state index is 8.68. The number of hydrogen-bond donors (Lipinski definition) is 3. The number of amidine groups is 2. The summed E-state index contributed by atoms with van der Waals surface area (Å²) in [6.45, 7) is 12.0. The van der Waals surface area contributed by atoms with Crippen LogP contribution in [0.15, 0.2) is 43.9 Å². The largest absolute Gasteiger partial charge is 0.492 e. The summed E-state index contributed by atoms with van der Waals surface area (Å²) in [6, 6.07) is 7.84. The van der Waals surface area contributed by atoms with Gasteiger partial charge in [-0.1, -0.05) is 64.9 Å². The number of ether oxygens (including phenoxy) is 2. The van der Waals surface area contributed by atoms with Crippen molar-refractivity contribution in [3.05, 3.63) is 35.4 Å². The molecule has 0 atom stereocenters. The zero-order chi connectivity index (χ0) is 26.2. The Morgan fingerprint density at radius 3 is 2.11 bits per heavy atom. The third kappa shape index (κ3) is 6.91. The molecule has 0 saturated heterocycles. The summed E-state index contributed by atoms with van der Waals surface area (Å²) in [4.78, 5) is 7.20. The molecule has 2 aromatic carbocycles. The van der Waals surface area contributed by atoms with Gasteiger partial charge in [0.1, 0.15) is 17.3 Å². The summed E-state index contributed by atoms with van der Waals surface area (Å²) in [5.74, 6) is 3.74. The Hall–Kier alpha value is -2.32. The average molecular weight is 529 g/mol. The number of benzene rings is 2. The van der Waals surface area contributed by atoms with Gasteiger partial charge in [-0.15, -0.1) is 11.8 Å². The van der Waals surface area contributed by atoms with Crippen molar-refractivity contribution < 1.29 is 9.47 Å². The minimum atomic E-state index is 0.115. The fourth-order valence-corrected chi connectivity index (χ4v) is 6.10. The molecule has 0 unspecified atom stereocenters. The van der Waals surface area contributed by atoms with E-state index in [-0.39, 0.29) is 5.84 Å². The van der Waals surface area contributed by atoms with Crippen LogP contribution in [0.4, 0.5) is 5.69 Å². The fourth-order valence-electron chi connectivity index (χ4n) is 3.66. The zero-order valence-electron chi connectivity index (χ0n) is 22.1. The van der Waals surface area contributed by atoms with Crippen molar-refractivity contribution >= 4 is 40.9 Å². The molecule has 1 heterocycles. The number of rotatable bonds is 14. The van der Waals surface area contributed by atoms with E-state index >= 15 is 0 Å². The van der Waals surface area contributed by atoms with Crippen LogP contribution in [0.2, 0.25) is 0 Å². The number of nitrogens with zero attached hydrogens (tertiary/aromatic N) is 1. The van der Waals surface area contributed by atoms with Crippen molar-refractivity contribution in [1.29, 1.82) is 5.41 Å². The van der Waals surface area contributed by atoms with E-state index in [2.05, 4.69) is 39.6 Å². The molecule has 1 aliphatic rings. The minimum absolute atomic E-state index is 0.115. The van der Waals surface area contributed by atoms with Crippen LogP contribution in [0.25, 0.3) is 0 Å². The van der Waals surface area contributed by atoms with Gasteiger partial charge in [0.05, 0.1) is 34.1 Å². The van der Waals surface area contributed by atoms with E-state index < -0.39 is 0 Å². The number of hydrogen-bond acceptors (Lipinski definition) is 7. The van der Waals surface area contributed by atoms with Gasteiger partial charge in [0.2, 0.25) is 0 Å². The predicted octanol–water partition coefficient (Wildman–Crippen LogP) is 7.21. The Labute approximate surface area is 224 Å². The van der Waals surface area contributed by atoms with Crippen molar-refractivity contribution in [3.63, 3.8) is 0 Å². The van der Waals surface area contributed by atoms with Crippen molar-refractivity contribution in [1.82, 2.24) is 0 Å². The molecule has 0 fully saturated rings. The van der Waals surface area contributed by atoms with Crippen molar-refractivity contribution in [2.75, 3.05) is 24.7 Å². The Morgan fingerprint density at radius 2 is 1.53 bits per heavy atom. The van der Waals surface area contributed by atoms with E-state index in [4.69, 9.17) is 26.4 Å². The second-order valence-electron chi connectivity index (χ2n) is 9.82. The Kier molecular flexibility index (Phi) is 10.4. The van der Waals surface area contributed by atoms with E-state index in [1.807, 2.05) is 24.3 Å². The molecule has 0 spiro atoms. The summed E-state index contributed by atoms with van der Waals surface area (Å²) < 4.78 is 12.9. The van der Waals surface area contributed by atoms with Crippen LogP contribution >= 0.6 is 23.5 Å². The van der Waals surface area contributed by atoms with E-state index in [0.717, 1.165) is 46.1 Å². The lowest BCUT2D eigenvalue weighted by Crippen LogP contribution is -2.16. The topological polar surface area (TPSA) is 107 Å². The van der Waals surface area contributed by atoms with Crippen LogP contribution in [0.1, 0.15) is 71.4 Å². The van der Waals surface area contributed by atoms with Gasteiger partial charge in [-0.05, 0) is 49.0 Å². The van der Waals surface area contributed by atoms with Crippen molar-refractivity contribution in [2.45, 2.75) is 75.0 Å². The van der Waals surface area contributed by atoms with E-state index in [1.54, 1.807) is 23.5 Å². The normalized spacial score (nSPS) is 12.9. The number of thioether (sulfide) groups is 1. The first kappa shape index (κ1) is 28.3. The SMILES string of the molecule is CCCCSc1c(OCCC(C)C)c2c(c(OCCC(C)C)c1Sc1ccccc1N)C(=N)N=C2N. The molecule has 0 aliphatic carbocycles. The highest BCUT2D eigenvalue weighted by molar-refractivity contribution is 8.02. The first-order valence-electron chi connectivity index (χ1n) is 12.8. The lowest BCUT2D eigenvalue weighted by molar-refractivity contribution is 0.270. The number of anilines is 1. The number of para-hydroxylation sites is 1. The van der Waals surface area contributed by atoms with E-state index in [1.165, 1.54) is 0 Å². The number of nitrogens with two attached hydrogens (primary N) is 2. The highest BCUT2D eigenvalue weighted by atomic mass is 32.2. The molecule has 0 bridgehead atoms. The first-order valence-corrected chi connectivity index (χ1v) is 14.6. The maximum Gasteiger partial charge on any atom is 0.158 e. The second-order valence-corrected chi connectivity index (χ2v) is 12.0. The molecular formula is C28H40N4O2S2. The van der Waals surface area contributed by atoms with Crippen LogP contribution in [0, 0.1) is 17.2 Å². The lowest BCUT2D eigenvalue weighted by Gasteiger charge is -2.24. The van der Waals surface area contributed by atoms with Gasteiger partial charge in [-0.25, -0.2) is 4.99 Å². The quantitative estimate of drug-likeness (QED) is 0.136. The van der Waals surface area contributed by atoms with Gasteiger partial charge >= 0.3 is 0 Å². The van der Waals surface area contributed by atoms with E-state index in [9.17, 15) is 0 Å². The number of aliphatic imine (C=N–C) groups is 1. The van der Waals surface area contributed by atoms with Gasteiger partial charge in [-0.2, -0.15) is 0 Å². The minimum Gasteiger partial charge on any atom is -0.492 e. The smallest absolute Gasteiger partial charge is 0.158 e. The van der Waals surface area contributed by atoms with Crippen LogP contribution in [0.3, 0.4) is 0 Å². The molecule has 0 amide bonds. The highest BCUT2D eigenvalue weighted by Gasteiger charge is 2.34. The number of nitrogens with one attached hydrogen (secondary N) is 1. The Morgan fingerprint density at radius 1 is 0.917 bits per heavy atom. The third-order valence-corrected chi connectivity index (χ3v) is 8.29. The van der Waals surface area contributed by atoms with Gasteiger partial charge in [0.15, 0.2) is 5.84 Å². The van der Waals surface area contributed by atoms with Crippen LogP contribution in [0.5, 0.6) is 11.5 Å². The molecule has 8 heteroatoms. The number of nitrogen functional groups attached to an aromatic ring is 1. The summed E-state index contributed by atoms with van der Waals surface area (Å²) in [5.41, 5.74) is 14.8. The van der Waals surface area contributed by atoms with Gasteiger partial charge < -0.3 is 20.9 Å². The Bertz CT molecular complexity index is 1100. The highest BCUT2D eigenvalue weighted by Crippen LogP contribution is 2.53. The molecule has 36 heavy (non-hydrogen) atoms. The Balaban J connectivity index is 2.23. The van der Waals surface area contributed by atoms with Gasteiger partial charge in [-0.3, -0.25) is 5.41 Å². The standard InChI is InChI=1S/C28H40N4O2S2/c1-6-7-16-35-25-23(33-14-12-17(2)3)21-22(28(31)32-27(21)30)24(34-15-13-18(4)5)26(25)36-20-11-9-8-10-19(20)29/h8-11,17-18H,6-7,12-16,29H2,1-5H3,(H3,30,31,32). The monoisotopic (exact) mass is 528 g/mol. The molecule has 196 valence electrons. The zero-order valence-corrected chi connectivity index (χ0v) is 23.8. The first-order chi connectivity index (χ1) is 17.2. The van der Waals surface area contributed by atoms with Gasteiger partial charge in [0, 0.05) is 10.6 Å². The average Bonchev–Trinajstić information content (AvgIpc) is 3.11. The lowest BCUT2D eigenvalue weighted by atomic mass is 10.0. The predicted molar refractivity (Wildman–Crippen MR) is 155 cm³/mol. The summed E-state index contributed by atoms with van der Waals surface area (Å²) in [5, 5.41) is 8.68. The number of fused-ring (bicyclic) bond motifs is 1. The summed E-state index contributed by atoms with van der Waals surface area (Å²) in [7, 11) is 0. The summed E-state index contributed by atoms with van der Waals surface area (Å²) in [6.07, 6.45) is 4.00. The maximum absolute atomic E-state index is 8.68. The fraction of sp³-hybridized carbons (Fsp3) is 0.500.